The van der Waals surface area contributed by atoms with Crippen LogP contribution < -0.4 is 10.6 Å². The SMILES string of the molecule is CN=C(NCC1(C)CCCC1)NC1CCN(CC(F)(F)F)C1.I. The molecular weight excluding hydrogens is 420 g/mol. The van der Waals surface area contributed by atoms with Gasteiger partial charge in [-0.3, -0.25) is 9.89 Å². The molecule has 1 saturated carbocycles. The molecule has 1 heterocycles. The third-order valence-corrected chi connectivity index (χ3v) is 4.73. The number of nitrogens with one attached hydrogen (secondary N) is 2. The van der Waals surface area contributed by atoms with Crippen LogP contribution in [0.25, 0.3) is 0 Å². The third-order valence-electron chi connectivity index (χ3n) is 4.73. The van der Waals surface area contributed by atoms with Gasteiger partial charge >= 0.3 is 6.18 Å². The minimum absolute atomic E-state index is 0. The minimum Gasteiger partial charge on any atom is -0.356 e. The lowest BCUT2D eigenvalue weighted by atomic mass is 9.89. The van der Waals surface area contributed by atoms with Crippen LogP contribution in [-0.4, -0.2) is 56.3 Å². The van der Waals surface area contributed by atoms with Crippen molar-refractivity contribution in [1.82, 2.24) is 15.5 Å². The van der Waals surface area contributed by atoms with Gasteiger partial charge in [0.1, 0.15) is 0 Å². The van der Waals surface area contributed by atoms with Crippen LogP contribution in [0.2, 0.25) is 0 Å². The lowest BCUT2D eigenvalue weighted by Crippen LogP contribution is -2.47. The Hall–Kier alpha value is -0.250. The van der Waals surface area contributed by atoms with Gasteiger partial charge in [-0.25, -0.2) is 0 Å². The van der Waals surface area contributed by atoms with Crippen LogP contribution in [0.1, 0.15) is 39.0 Å². The zero-order valence-electron chi connectivity index (χ0n) is 13.9. The summed E-state index contributed by atoms with van der Waals surface area (Å²) in [6.07, 6.45) is 1.60. The van der Waals surface area contributed by atoms with E-state index in [2.05, 4.69) is 22.5 Å². The van der Waals surface area contributed by atoms with E-state index in [0.29, 0.717) is 30.9 Å². The molecular formula is C15H28F3IN4. The molecule has 2 N–H and O–H groups in total. The van der Waals surface area contributed by atoms with Crippen molar-refractivity contribution >= 4 is 29.9 Å². The summed E-state index contributed by atoms with van der Waals surface area (Å²) in [6.45, 7) is 3.21. The first-order valence-electron chi connectivity index (χ1n) is 8.06. The van der Waals surface area contributed by atoms with Gasteiger partial charge in [-0.1, -0.05) is 19.8 Å². The van der Waals surface area contributed by atoms with E-state index >= 15 is 0 Å². The molecule has 8 heteroatoms. The van der Waals surface area contributed by atoms with Crippen molar-refractivity contribution in [2.75, 3.05) is 33.2 Å². The average molecular weight is 448 g/mol. The fraction of sp³-hybridized carbons (Fsp3) is 0.933. The Bertz CT molecular complexity index is 395. The maximum absolute atomic E-state index is 12.4. The molecule has 0 radical (unpaired) electrons. The zero-order chi connectivity index (χ0) is 16.2. The van der Waals surface area contributed by atoms with Crippen LogP contribution in [0.5, 0.6) is 0 Å². The number of alkyl halides is 3. The molecule has 0 spiro atoms. The topological polar surface area (TPSA) is 39.7 Å². The van der Waals surface area contributed by atoms with Crippen molar-refractivity contribution in [2.45, 2.75) is 51.2 Å². The summed E-state index contributed by atoms with van der Waals surface area (Å²) in [5.74, 6) is 0.701. The molecule has 23 heavy (non-hydrogen) atoms. The Morgan fingerprint density at radius 3 is 2.52 bits per heavy atom. The number of guanidine groups is 1. The molecule has 2 fully saturated rings. The summed E-state index contributed by atoms with van der Waals surface area (Å²) in [5, 5.41) is 6.59. The standard InChI is InChI=1S/C15H27F3N4.HI/c1-14(6-3-4-7-14)10-20-13(19-2)21-12-5-8-22(9-12)11-15(16,17)18;/h12H,3-11H2,1-2H3,(H2,19,20,21);1H. The molecule has 1 atom stereocenters. The quantitative estimate of drug-likeness (QED) is 0.395. The molecule has 1 unspecified atom stereocenters. The first kappa shape index (κ1) is 20.8. The lowest BCUT2D eigenvalue weighted by molar-refractivity contribution is -0.143. The fourth-order valence-corrected chi connectivity index (χ4v) is 3.44. The van der Waals surface area contributed by atoms with E-state index < -0.39 is 12.7 Å². The second kappa shape index (κ2) is 8.73. The van der Waals surface area contributed by atoms with Crippen molar-refractivity contribution in [3.8, 4) is 0 Å². The van der Waals surface area contributed by atoms with Gasteiger partial charge in [-0.2, -0.15) is 13.2 Å². The predicted octanol–water partition coefficient (Wildman–Crippen LogP) is 2.99. The zero-order valence-corrected chi connectivity index (χ0v) is 16.2. The summed E-state index contributed by atoms with van der Waals surface area (Å²) in [5.41, 5.74) is 0.315. The molecule has 0 bridgehead atoms. The molecule has 1 saturated heterocycles. The first-order chi connectivity index (χ1) is 10.3. The maximum atomic E-state index is 12.4. The highest BCUT2D eigenvalue weighted by Crippen LogP contribution is 2.36. The molecule has 136 valence electrons. The number of likely N-dealkylation sites (tertiary alicyclic amines) is 1. The van der Waals surface area contributed by atoms with Crippen molar-refractivity contribution < 1.29 is 13.2 Å². The Labute approximate surface area is 153 Å². The molecule has 1 aliphatic carbocycles. The summed E-state index contributed by atoms with van der Waals surface area (Å²) >= 11 is 0. The summed E-state index contributed by atoms with van der Waals surface area (Å²) in [6, 6.07) is 0.0323. The highest BCUT2D eigenvalue weighted by atomic mass is 127. The minimum atomic E-state index is -4.12. The van der Waals surface area contributed by atoms with Crippen molar-refractivity contribution in [1.29, 1.82) is 0 Å². The molecule has 0 aromatic rings. The Balaban J connectivity index is 0.00000264. The van der Waals surface area contributed by atoms with Gasteiger partial charge in [0.2, 0.25) is 0 Å². The van der Waals surface area contributed by atoms with Crippen LogP contribution in [0.4, 0.5) is 13.2 Å². The van der Waals surface area contributed by atoms with Gasteiger partial charge in [-0.05, 0) is 24.7 Å². The Morgan fingerprint density at radius 1 is 1.30 bits per heavy atom. The molecule has 2 aliphatic rings. The third kappa shape index (κ3) is 7.03. The van der Waals surface area contributed by atoms with Gasteiger partial charge in [0.25, 0.3) is 0 Å². The highest BCUT2D eigenvalue weighted by molar-refractivity contribution is 14.0. The van der Waals surface area contributed by atoms with Crippen LogP contribution in [0.3, 0.4) is 0 Å². The number of hydrogen-bond acceptors (Lipinski definition) is 2. The second-order valence-electron chi connectivity index (χ2n) is 6.92. The van der Waals surface area contributed by atoms with Gasteiger partial charge < -0.3 is 10.6 Å². The summed E-state index contributed by atoms with van der Waals surface area (Å²) in [7, 11) is 1.70. The monoisotopic (exact) mass is 448 g/mol. The summed E-state index contributed by atoms with van der Waals surface area (Å²) in [4.78, 5) is 5.64. The molecule has 2 rings (SSSR count). The van der Waals surface area contributed by atoms with Crippen molar-refractivity contribution in [3.05, 3.63) is 0 Å². The average Bonchev–Trinajstić information content (AvgIpc) is 3.03. The highest BCUT2D eigenvalue weighted by Gasteiger charge is 2.34. The Kier molecular flexibility index (Phi) is 7.89. The van der Waals surface area contributed by atoms with Gasteiger partial charge in [0, 0.05) is 32.7 Å². The molecule has 1 aliphatic heterocycles. The number of rotatable bonds is 4. The van der Waals surface area contributed by atoms with E-state index in [-0.39, 0.29) is 30.0 Å². The smallest absolute Gasteiger partial charge is 0.356 e. The number of aliphatic imine (C=N–C) groups is 1. The Morgan fingerprint density at radius 2 is 1.96 bits per heavy atom. The molecule has 0 amide bonds. The van der Waals surface area contributed by atoms with E-state index in [4.69, 9.17) is 0 Å². The van der Waals surface area contributed by atoms with Gasteiger partial charge in [0.15, 0.2) is 5.96 Å². The van der Waals surface area contributed by atoms with Crippen LogP contribution in [0.15, 0.2) is 4.99 Å². The molecule has 0 aromatic heterocycles. The van der Waals surface area contributed by atoms with Gasteiger partial charge in [0.05, 0.1) is 6.54 Å². The summed E-state index contributed by atoms with van der Waals surface area (Å²) < 4.78 is 37.2. The fourth-order valence-electron chi connectivity index (χ4n) is 3.44. The van der Waals surface area contributed by atoms with Crippen molar-refractivity contribution in [2.24, 2.45) is 10.4 Å². The van der Waals surface area contributed by atoms with Crippen LogP contribution in [0, 0.1) is 5.41 Å². The first-order valence-corrected chi connectivity index (χ1v) is 8.06. The number of hydrogen-bond donors (Lipinski definition) is 2. The van der Waals surface area contributed by atoms with Gasteiger partial charge in [-0.15, -0.1) is 24.0 Å². The number of halogens is 4. The second-order valence-corrected chi connectivity index (χ2v) is 6.92. The predicted molar refractivity (Wildman–Crippen MR) is 97.4 cm³/mol. The number of nitrogens with zero attached hydrogens (tertiary/aromatic N) is 2. The van der Waals surface area contributed by atoms with Crippen LogP contribution in [-0.2, 0) is 0 Å². The molecule has 4 nitrogen and oxygen atoms in total. The van der Waals surface area contributed by atoms with Crippen LogP contribution >= 0.6 is 24.0 Å². The molecule has 0 aromatic carbocycles. The lowest BCUT2D eigenvalue weighted by Gasteiger charge is -2.26. The normalized spacial score (nSPS) is 25.3. The van der Waals surface area contributed by atoms with Crippen molar-refractivity contribution in [3.63, 3.8) is 0 Å². The van der Waals surface area contributed by atoms with E-state index in [9.17, 15) is 13.2 Å². The largest absolute Gasteiger partial charge is 0.401 e. The van der Waals surface area contributed by atoms with E-state index in [0.717, 1.165) is 6.54 Å². The van der Waals surface area contributed by atoms with E-state index in [1.807, 2.05) is 0 Å². The van der Waals surface area contributed by atoms with E-state index in [1.165, 1.54) is 30.6 Å². The maximum Gasteiger partial charge on any atom is 0.401 e. The van der Waals surface area contributed by atoms with E-state index in [1.54, 1.807) is 7.05 Å².